The zero-order valence-electron chi connectivity index (χ0n) is 11.7. The van der Waals surface area contributed by atoms with E-state index in [1.54, 1.807) is 23.5 Å². The number of fused-ring (bicyclic) bond motifs is 1. The fourth-order valence-corrected chi connectivity index (χ4v) is 4.90. The van der Waals surface area contributed by atoms with Crippen LogP contribution >= 0.6 is 31.5 Å². The minimum absolute atomic E-state index is 0.126. The van der Waals surface area contributed by atoms with Crippen LogP contribution in [0.5, 0.6) is 5.75 Å². The van der Waals surface area contributed by atoms with Gasteiger partial charge < -0.3 is 4.74 Å². The molecule has 1 heterocycles. The first-order valence-electron chi connectivity index (χ1n) is 6.27. The lowest BCUT2D eigenvalue weighted by molar-refractivity contribution is -0.114. The Bertz CT molecular complexity index is 528. The Morgan fingerprint density at radius 3 is 2.52 bits per heavy atom. The molecule has 1 aliphatic heterocycles. The summed E-state index contributed by atoms with van der Waals surface area (Å²) in [6, 6.07) is 7.41. The highest BCUT2D eigenvalue weighted by atomic mass is 32.2. The maximum absolute atomic E-state index is 11.9. The fourth-order valence-electron chi connectivity index (χ4n) is 2.46. The molecule has 8 heteroatoms. The third-order valence-corrected chi connectivity index (χ3v) is 7.70. The van der Waals surface area contributed by atoms with Gasteiger partial charge in [0.1, 0.15) is 16.4 Å². The van der Waals surface area contributed by atoms with Crippen LogP contribution in [0.3, 0.4) is 0 Å². The SMILES string of the molecule is CSC1(SC)COc2ccccc2C1CC(=O)[P+](O)(O)O. The molecule has 0 bridgehead atoms. The summed E-state index contributed by atoms with van der Waals surface area (Å²) < 4.78 is 5.38. The molecule has 2 rings (SSSR count). The van der Waals surface area contributed by atoms with Crippen molar-refractivity contribution in [2.75, 3.05) is 19.1 Å². The lowest BCUT2D eigenvalue weighted by Crippen LogP contribution is -2.40. The molecule has 21 heavy (non-hydrogen) atoms. The van der Waals surface area contributed by atoms with Gasteiger partial charge in [0.15, 0.2) is 0 Å². The number of para-hydroxylation sites is 1. The number of benzene rings is 1. The lowest BCUT2D eigenvalue weighted by atomic mass is 9.89. The monoisotopic (exact) mass is 349 g/mol. The average molecular weight is 349 g/mol. The minimum atomic E-state index is -4.46. The first kappa shape index (κ1) is 17.1. The summed E-state index contributed by atoms with van der Waals surface area (Å²) in [5.74, 6) is 0.442. The van der Waals surface area contributed by atoms with E-state index in [9.17, 15) is 19.5 Å². The number of rotatable bonds is 5. The Kier molecular flexibility index (Phi) is 5.23. The van der Waals surface area contributed by atoms with Crippen molar-refractivity contribution < 1.29 is 24.2 Å². The number of thioether (sulfide) groups is 2. The Morgan fingerprint density at radius 1 is 1.33 bits per heavy atom. The molecule has 0 saturated heterocycles. The standard InChI is InChI=1S/C13H18O5PS2/c1-20-13(21-2)8-18-11-6-4-3-5-9(11)10(13)7-12(14)19(15,16)17/h3-6,10,15-17H,7-8H2,1-2H3/q+1. The molecule has 0 spiro atoms. The van der Waals surface area contributed by atoms with Gasteiger partial charge in [-0.2, -0.15) is 14.7 Å². The molecule has 0 aromatic heterocycles. The average Bonchev–Trinajstić information content (AvgIpc) is 2.47. The van der Waals surface area contributed by atoms with Gasteiger partial charge in [-0.1, -0.05) is 18.2 Å². The third-order valence-electron chi connectivity index (χ3n) is 3.66. The van der Waals surface area contributed by atoms with Crippen molar-refractivity contribution in [1.29, 1.82) is 0 Å². The number of carbonyl (C=O) groups is 1. The molecule has 1 atom stereocenters. The highest BCUT2D eigenvalue weighted by molar-refractivity contribution is 8.17. The van der Waals surface area contributed by atoms with Gasteiger partial charge in [-0.25, -0.2) is 4.79 Å². The largest absolute Gasteiger partial charge is 0.491 e. The zero-order valence-corrected chi connectivity index (χ0v) is 14.3. The Hall–Kier alpha value is -0.300. The van der Waals surface area contributed by atoms with Crippen LogP contribution in [-0.2, 0) is 4.79 Å². The lowest BCUT2D eigenvalue weighted by Gasteiger charge is -2.41. The summed E-state index contributed by atoms with van der Waals surface area (Å²) >= 11 is 3.14. The Labute approximate surface area is 132 Å². The fraction of sp³-hybridized carbons (Fsp3) is 0.462. The zero-order chi connectivity index (χ0) is 15.7. The molecule has 5 nitrogen and oxygen atoms in total. The minimum Gasteiger partial charge on any atom is -0.491 e. The topological polar surface area (TPSA) is 87.0 Å². The van der Waals surface area contributed by atoms with E-state index in [1.807, 2.05) is 36.8 Å². The summed E-state index contributed by atoms with van der Waals surface area (Å²) in [7, 11) is -4.46. The molecule has 0 fully saturated rings. The maximum Gasteiger partial charge on any atom is 0.478 e. The van der Waals surface area contributed by atoms with Crippen molar-refractivity contribution in [3.05, 3.63) is 29.8 Å². The van der Waals surface area contributed by atoms with Gasteiger partial charge in [0.25, 0.3) is 0 Å². The van der Waals surface area contributed by atoms with Crippen LogP contribution in [0.25, 0.3) is 0 Å². The van der Waals surface area contributed by atoms with Crippen molar-refractivity contribution in [1.82, 2.24) is 0 Å². The quantitative estimate of drug-likeness (QED) is 0.555. The van der Waals surface area contributed by atoms with Crippen LogP contribution in [-0.4, -0.2) is 43.4 Å². The van der Waals surface area contributed by atoms with E-state index in [0.717, 1.165) is 5.56 Å². The number of hydrogen-bond acceptors (Lipinski definition) is 7. The number of ether oxygens (including phenoxy) is 1. The molecule has 1 aromatic rings. The van der Waals surface area contributed by atoms with E-state index in [4.69, 9.17) is 4.74 Å². The molecule has 1 unspecified atom stereocenters. The van der Waals surface area contributed by atoms with E-state index < -0.39 is 17.5 Å². The first-order valence-corrected chi connectivity index (χ1v) is 10.4. The van der Waals surface area contributed by atoms with Crippen molar-refractivity contribution in [3.63, 3.8) is 0 Å². The second kappa shape index (κ2) is 6.44. The molecule has 0 amide bonds. The maximum atomic E-state index is 11.9. The molecule has 0 radical (unpaired) electrons. The molecule has 0 saturated carbocycles. The number of carbonyl (C=O) groups excluding carboxylic acids is 1. The Morgan fingerprint density at radius 2 is 1.95 bits per heavy atom. The van der Waals surface area contributed by atoms with Gasteiger partial charge in [0.2, 0.25) is 0 Å². The van der Waals surface area contributed by atoms with Crippen LogP contribution in [0.15, 0.2) is 24.3 Å². The van der Waals surface area contributed by atoms with Crippen molar-refractivity contribution in [3.8, 4) is 5.75 Å². The van der Waals surface area contributed by atoms with E-state index in [0.29, 0.717) is 12.4 Å². The van der Waals surface area contributed by atoms with Crippen LogP contribution in [0.4, 0.5) is 0 Å². The van der Waals surface area contributed by atoms with Crippen molar-refractivity contribution >= 4 is 37.0 Å². The summed E-state index contributed by atoms with van der Waals surface area (Å²) in [6.07, 6.45) is 3.74. The third kappa shape index (κ3) is 3.38. The predicted molar refractivity (Wildman–Crippen MR) is 87.6 cm³/mol. The highest BCUT2D eigenvalue weighted by Crippen LogP contribution is 2.56. The summed E-state index contributed by atoms with van der Waals surface area (Å²) in [5.41, 5.74) is -0.0501. The Balaban J connectivity index is 2.42. The molecule has 116 valence electrons. The smallest absolute Gasteiger partial charge is 0.478 e. The van der Waals surface area contributed by atoms with E-state index in [1.165, 1.54) is 0 Å². The molecule has 1 aliphatic rings. The second-order valence-corrected chi connectivity index (χ2v) is 8.93. The van der Waals surface area contributed by atoms with Gasteiger partial charge in [-0.05, 0) is 18.6 Å². The van der Waals surface area contributed by atoms with E-state index in [2.05, 4.69) is 0 Å². The van der Waals surface area contributed by atoms with Gasteiger partial charge in [-0.3, -0.25) is 0 Å². The molecule has 1 aromatic carbocycles. The van der Waals surface area contributed by atoms with Gasteiger partial charge in [0.05, 0.1) is 6.42 Å². The van der Waals surface area contributed by atoms with Gasteiger partial charge >= 0.3 is 13.5 Å². The first-order chi connectivity index (χ1) is 9.84. The van der Waals surface area contributed by atoms with Crippen LogP contribution in [0.2, 0.25) is 0 Å². The summed E-state index contributed by atoms with van der Waals surface area (Å²) in [5, 5.41) is 0. The molecular formula is C13H18O5PS2+. The van der Waals surface area contributed by atoms with Gasteiger partial charge in [0, 0.05) is 11.5 Å². The van der Waals surface area contributed by atoms with Crippen LogP contribution in [0, 0.1) is 0 Å². The molecule has 3 N–H and O–H groups in total. The highest BCUT2D eigenvalue weighted by Gasteiger charge is 2.51. The molecule has 0 aliphatic carbocycles. The summed E-state index contributed by atoms with van der Waals surface area (Å²) in [6.45, 7) is 0.415. The van der Waals surface area contributed by atoms with Crippen molar-refractivity contribution in [2.45, 2.75) is 16.4 Å². The van der Waals surface area contributed by atoms with Crippen molar-refractivity contribution in [2.24, 2.45) is 0 Å². The van der Waals surface area contributed by atoms with Crippen LogP contribution < -0.4 is 4.74 Å². The van der Waals surface area contributed by atoms with Gasteiger partial charge in [-0.15, -0.1) is 23.5 Å². The molecular weight excluding hydrogens is 331 g/mol. The summed E-state index contributed by atoms with van der Waals surface area (Å²) in [4.78, 5) is 39.5. The number of hydrogen-bond donors (Lipinski definition) is 3. The van der Waals surface area contributed by atoms with E-state index >= 15 is 0 Å². The van der Waals surface area contributed by atoms with Crippen LogP contribution in [0.1, 0.15) is 17.9 Å². The second-order valence-electron chi connectivity index (χ2n) is 4.77. The predicted octanol–water partition coefficient (Wildman–Crippen LogP) is 2.24. The van der Waals surface area contributed by atoms with E-state index in [-0.39, 0.29) is 12.3 Å². The normalized spacial score (nSPS) is 20.5.